The zero-order valence-corrected chi connectivity index (χ0v) is 22.8. The molecule has 12 heteroatoms. The minimum atomic E-state index is -3.44. The van der Waals surface area contributed by atoms with Crippen LogP contribution < -0.4 is 16.4 Å². The Labute approximate surface area is 232 Å². The number of piperidine rings is 1. The molecule has 4 rings (SSSR count). The Morgan fingerprint density at radius 2 is 1.72 bits per heavy atom. The normalized spacial score (nSPS) is 15.1. The Kier molecular flexibility index (Phi) is 9.81. The number of aromatic nitrogens is 1. The average Bonchev–Trinajstić information content (AvgIpc) is 3.24. The first-order valence-electron chi connectivity index (χ1n) is 12.3. The molecule has 8 nitrogen and oxygen atoms in total. The number of hydrogen-bond donors (Lipinski definition) is 3. The number of nitrogens with zero attached hydrogens (tertiary/aromatic N) is 2. The molecule has 4 N–H and O–H groups in total. The van der Waals surface area contributed by atoms with E-state index in [1.807, 2.05) is 44.2 Å². The average molecular weight is 580 g/mol. The van der Waals surface area contributed by atoms with Crippen molar-refractivity contribution in [2.24, 2.45) is 0 Å². The van der Waals surface area contributed by atoms with Gasteiger partial charge in [-0.2, -0.15) is 0 Å². The first-order valence-corrected chi connectivity index (χ1v) is 14.7. The highest BCUT2D eigenvalue weighted by atomic mass is 32.2. The molecule has 0 atom stereocenters. The maximum absolute atomic E-state index is 14.1. The van der Waals surface area contributed by atoms with Gasteiger partial charge in [-0.1, -0.05) is 55.2 Å². The number of sulfonamides is 1. The third-order valence-corrected chi connectivity index (χ3v) is 9.52. The van der Waals surface area contributed by atoms with E-state index in [-0.39, 0.29) is 35.5 Å². The summed E-state index contributed by atoms with van der Waals surface area (Å²) in [5, 5.41) is 6.86. The molecule has 0 bridgehead atoms. The van der Waals surface area contributed by atoms with Crippen LogP contribution in [-0.2, 0) is 15.6 Å². The van der Waals surface area contributed by atoms with Gasteiger partial charge in [-0.15, -0.1) is 0 Å². The molecule has 0 unspecified atom stereocenters. The van der Waals surface area contributed by atoms with Crippen LogP contribution in [0.15, 0.2) is 48.5 Å². The number of nitrogens with one attached hydrogen (secondary N) is 2. The molecule has 1 fully saturated rings. The largest absolute Gasteiger partial charge is 0.382 e. The van der Waals surface area contributed by atoms with Gasteiger partial charge in [0.2, 0.25) is 15.8 Å². The van der Waals surface area contributed by atoms with E-state index in [4.69, 9.17) is 5.73 Å². The van der Waals surface area contributed by atoms with E-state index >= 15 is 0 Å². The van der Waals surface area contributed by atoms with Crippen LogP contribution in [0.4, 0.5) is 19.7 Å². The van der Waals surface area contributed by atoms with Crippen LogP contribution in [-0.4, -0.2) is 54.9 Å². The van der Waals surface area contributed by atoms with Crippen molar-refractivity contribution in [3.63, 3.8) is 0 Å². The van der Waals surface area contributed by atoms with E-state index in [1.54, 1.807) is 0 Å². The van der Waals surface area contributed by atoms with Crippen molar-refractivity contribution >= 4 is 38.1 Å². The molecule has 39 heavy (non-hydrogen) atoms. The number of thiazole rings is 1. The molecule has 0 spiro atoms. The number of carbonyl (C=O) groups excluding carboxylic acids is 1. The van der Waals surface area contributed by atoms with Crippen LogP contribution in [0.3, 0.4) is 0 Å². The number of hydrogen-bond acceptors (Lipinski definition) is 8. The van der Waals surface area contributed by atoms with Crippen molar-refractivity contribution in [2.45, 2.75) is 45.7 Å². The molecule has 1 aliphatic heterocycles. The maximum Gasteiger partial charge on any atom is 0.215 e. The van der Waals surface area contributed by atoms with E-state index < -0.39 is 33.0 Å². The fourth-order valence-corrected chi connectivity index (χ4v) is 6.71. The summed E-state index contributed by atoms with van der Waals surface area (Å²) in [6.07, 6.45) is 1.07. The van der Waals surface area contributed by atoms with Crippen LogP contribution in [0.2, 0.25) is 0 Å². The second-order valence-electron chi connectivity index (χ2n) is 9.71. The van der Waals surface area contributed by atoms with E-state index in [9.17, 15) is 22.0 Å². The Morgan fingerprint density at radius 3 is 2.33 bits per heavy atom. The quantitative estimate of drug-likeness (QED) is 0.301. The van der Waals surface area contributed by atoms with Gasteiger partial charge in [0.05, 0.1) is 11.3 Å². The summed E-state index contributed by atoms with van der Waals surface area (Å²) in [7, 11) is -3.44. The second-order valence-corrected chi connectivity index (χ2v) is 12.8. The Morgan fingerprint density at radius 1 is 1.10 bits per heavy atom. The molecule has 0 amide bonds. The van der Waals surface area contributed by atoms with Gasteiger partial charge in [-0.05, 0) is 44.4 Å². The number of halogens is 2. The molecule has 0 aliphatic carbocycles. The van der Waals surface area contributed by atoms with Gasteiger partial charge in [0.15, 0.2) is 5.13 Å². The lowest BCUT2D eigenvalue weighted by molar-refractivity contribution is 0.103. The highest BCUT2D eigenvalue weighted by molar-refractivity contribution is 7.89. The van der Waals surface area contributed by atoms with E-state index in [0.717, 1.165) is 29.0 Å². The van der Waals surface area contributed by atoms with Crippen LogP contribution in [0.5, 0.6) is 0 Å². The summed E-state index contributed by atoms with van der Waals surface area (Å²) >= 11 is 0.921. The van der Waals surface area contributed by atoms with Gasteiger partial charge in [0, 0.05) is 31.2 Å². The molecule has 1 aliphatic rings. The molecule has 0 radical (unpaired) electrons. The van der Waals surface area contributed by atoms with Crippen LogP contribution >= 0.6 is 11.3 Å². The summed E-state index contributed by atoms with van der Waals surface area (Å²) in [4.78, 5) is 16.8. The second kappa shape index (κ2) is 12.5. The molecule has 2 aromatic carbocycles. The zero-order valence-electron chi connectivity index (χ0n) is 21.2. The topological polar surface area (TPSA) is 117 Å². The first kappa shape index (κ1) is 30.6. The van der Waals surface area contributed by atoms with Crippen molar-refractivity contribution < 1.29 is 22.0 Å². The monoisotopic (exact) mass is 579 g/mol. The highest BCUT2D eigenvalue weighted by Crippen LogP contribution is 2.30. The van der Waals surface area contributed by atoms with E-state index in [2.05, 4.69) is 15.6 Å². The Bertz CT molecular complexity index is 1370. The van der Waals surface area contributed by atoms with Crippen molar-refractivity contribution in [3.05, 3.63) is 76.2 Å². The lowest BCUT2D eigenvalue weighted by Crippen LogP contribution is -2.46. The van der Waals surface area contributed by atoms with Gasteiger partial charge in [0.25, 0.3) is 0 Å². The molecular formula is C27H35F2N5O3S2. The standard InChI is InChI=1S/C26H31F2N5O3S2.CH4/c1-26(2,17-7-4-3-5-8-17)30-13-16-38(35,36)33-14-11-18(12-15-33)31-25-32-24(29)23(37-25)22(34)21-19(27)9-6-10-20(21)28;/h3-10,18,30H,11-16,29H2,1-2H3,(H,31,32);1H4. The van der Waals surface area contributed by atoms with Crippen molar-refractivity contribution in [2.75, 3.05) is 36.4 Å². The first-order chi connectivity index (χ1) is 18.0. The van der Waals surface area contributed by atoms with Crippen molar-refractivity contribution in [3.8, 4) is 0 Å². The smallest absolute Gasteiger partial charge is 0.215 e. The number of nitrogen functional groups attached to an aromatic ring is 1. The summed E-state index contributed by atoms with van der Waals surface area (Å²) in [5.41, 5.74) is 5.93. The number of rotatable bonds is 10. The van der Waals surface area contributed by atoms with Crippen molar-refractivity contribution in [1.82, 2.24) is 14.6 Å². The minimum absolute atomic E-state index is 0. The van der Waals surface area contributed by atoms with Crippen molar-refractivity contribution in [1.29, 1.82) is 0 Å². The number of ketones is 1. The fraction of sp³-hybridized carbons (Fsp3) is 0.407. The summed E-state index contributed by atoms with van der Waals surface area (Å²) in [5.74, 6) is -2.93. The minimum Gasteiger partial charge on any atom is -0.382 e. The summed E-state index contributed by atoms with van der Waals surface area (Å²) < 4.78 is 55.5. The molecule has 1 saturated heterocycles. The maximum atomic E-state index is 14.1. The van der Waals surface area contributed by atoms with Crippen LogP contribution in [0.1, 0.15) is 54.9 Å². The van der Waals surface area contributed by atoms with Gasteiger partial charge in [-0.3, -0.25) is 4.79 Å². The Balaban J connectivity index is 0.00000420. The number of carbonyl (C=O) groups is 1. The van der Waals surface area contributed by atoms with E-state index in [1.165, 1.54) is 10.4 Å². The number of nitrogens with two attached hydrogens (primary N) is 1. The van der Waals surface area contributed by atoms with Crippen LogP contribution in [0, 0.1) is 11.6 Å². The fourth-order valence-electron chi connectivity index (χ4n) is 4.42. The van der Waals surface area contributed by atoms with Gasteiger partial charge >= 0.3 is 0 Å². The molecule has 0 saturated carbocycles. The predicted molar refractivity (Wildman–Crippen MR) is 153 cm³/mol. The molecule has 1 aromatic heterocycles. The van der Waals surface area contributed by atoms with Gasteiger partial charge < -0.3 is 16.4 Å². The van der Waals surface area contributed by atoms with Gasteiger partial charge in [0.1, 0.15) is 22.3 Å². The molecular weight excluding hydrogens is 544 g/mol. The number of anilines is 2. The predicted octanol–water partition coefficient (Wildman–Crippen LogP) is 4.60. The number of benzene rings is 2. The third kappa shape index (κ3) is 7.18. The SMILES string of the molecule is C.CC(C)(NCCS(=O)(=O)N1CCC(Nc2nc(N)c(C(=O)c3c(F)cccc3F)s2)CC1)c1ccccc1. The summed E-state index contributed by atoms with van der Waals surface area (Å²) in [6, 6.07) is 13.0. The Hall–Kier alpha value is -2.93. The lowest BCUT2D eigenvalue weighted by Gasteiger charge is -2.32. The zero-order chi connectivity index (χ0) is 27.5. The molecule has 212 valence electrons. The molecule has 2 heterocycles. The third-order valence-electron chi connectivity index (χ3n) is 6.65. The summed E-state index contributed by atoms with van der Waals surface area (Å²) in [6.45, 7) is 5.04. The lowest BCUT2D eigenvalue weighted by atomic mass is 9.94. The van der Waals surface area contributed by atoms with Crippen LogP contribution in [0.25, 0.3) is 0 Å². The highest BCUT2D eigenvalue weighted by Gasteiger charge is 2.30. The van der Waals surface area contributed by atoms with E-state index in [0.29, 0.717) is 37.6 Å². The van der Waals surface area contributed by atoms with Gasteiger partial charge in [-0.25, -0.2) is 26.5 Å². The molecule has 3 aromatic rings.